The summed E-state index contributed by atoms with van der Waals surface area (Å²) in [5, 5.41) is 5.06. The van der Waals surface area contributed by atoms with Gasteiger partial charge in [-0.05, 0) is 54.4 Å². The summed E-state index contributed by atoms with van der Waals surface area (Å²) >= 11 is 0. The number of amides is 2. The number of hydrogen-bond acceptors (Lipinski definition) is 4. The first-order valence-corrected chi connectivity index (χ1v) is 10.7. The number of alkyl halides is 3. The summed E-state index contributed by atoms with van der Waals surface area (Å²) in [5.74, 6) is 0.0279. The van der Waals surface area contributed by atoms with Crippen LogP contribution in [0.4, 0.5) is 23.7 Å². The Hall–Kier alpha value is -4.34. The van der Waals surface area contributed by atoms with Crippen LogP contribution in [0.1, 0.15) is 12.5 Å². The van der Waals surface area contributed by atoms with E-state index >= 15 is 0 Å². The van der Waals surface area contributed by atoms with E-state index in [4.69, 9.17) is 4.74 Å². The summed E-state index contributed by atoms with van der Waals surface area (Å²) < 4.78 is 43.8. The van der Waals surface area contributed by atoms with E-state index in [0.717, 1.165) is 23.3 Å². The van der Waals surface area contributed by atoms with Crippen molar-refractivity contribution >= 4 is 28.7 Å². The predicted octanol–water partition coefficient (Wildman–Crippen LogP) is 5.60. The van der Waals surface area contributed by atoms with E-state index in [9.17, 15) is 22.8 Å². The van der Waals surface area contributed by atoms with E-state index in [1.165, 1.54) is 6.07 Å². The Morgan fingerprint density at radius 1 is 0.971 bits per heavy atom. The molecule has 180 valence electrons. The van der Waals surface area contributed by atoms with Crippen LogP contribution in [0.25, 0.3) is 33.5 Å². The molecule has 0 fully saturated rings. The third-order valence-corrected chi connectivity index (χ3v) is 5.09. The lowest BCUT2D eigenvalue weighted by Crippen LogP contribution is -2.33. The highest BCUT2D eigenvalue weighted by Crippen LogP contribution is 2.32. The molecule has 0 aliphatic carbocycles. The van der Waals surface area contributed by atoms with E-state index in [2.05, 4.69) is 20.6 Å². The molecule has 2 amide bonds. The molecular weight excluding hydrogens is 461 g/mol. The van der Waals surface area contributed by atoms with Gasteiger partial charge in [0.15, 0.2) is 0 Å². The van der Waals surface area contributed by atoms with Gasteiger partial charge in [0.1, 0.15) is 12.4 Å². The number of benzene rings is 3. The molecule has 0 atom stereocenters. The van der Waals surface area contributed by atoms with Gasteiger partial charge < -0.3 is 20.4 Å². The minimum Gasteiger partial charge on any atom is -0.450 e. The molecule has 1 heterocycles. The highest BCUT2D eigenvalue weighted by Gasteiger charge is 2.30. The number of carbonyl (C=O) groups excluding carboxylic acids is 2. The molecule has 0 aliphatic heterocycles. The van der Waals surface area contributed by atoms with Crippen LogP contribution in [0.2, 0.25) is 0 Å². The zero-order valence-corrected chi connectivity index (χ0v) is 18.6. The number of halogens is 3. The Labute approximate surface area is 198 Å². The maximum Gasteiger partial charge on any atom is 0.416 e. The molecule has 0 bridgehead atoms. The molecule has 1 aromatic heterocycles. The second-order valence-corrected chi connectivity index (χ2v) is 7.60. The van der Waals surface area contributed by atoms with Crippen molar-refractivity contribution in [2.45, 2.75) is 13.1 Å². The van der Waals surface area contributed by atoms with Crippen molar-refractivity contribution < 1.29 is 27.5 Å². The van der Waals surface area contributed by atoms with Gasteiger partial charge in [0.05, 0.1) is 23.2 Å². The van der Waals surface area contributed by atoms with Crippen LogP contribution >= 0.6 is 0 Å². The normalized spacial score (nSPS) is 11.3. The summed E-state index contributed by atoms with van der Waals surface area (Å²) in [6.07, 6.45) is -5.11. The van der Waals surface area contributed by atoms with Crippen molar-refractivity contribution in [2.75, 3.05) is 18.5 Å². The van der Waals surface area contributed by atoms with Crippen molar-refractivity contribution in [2.24, 2.45) is 0 Å². The maximum atomic E-state index is 13.0. The Balaban J connectivity index is 1.53. The fraction of sp³-hybridized carbons (Fsp3) is 0.160. The van der Waals surface area contributed by atoms with Crippen LogP contribution in [0.3, 0.4) is 0 Å². The number of nitrogens with one attached hydrogen (secondary N) is 3. The molecular formula is C25H21F3N4O3. The highest BCUT2D eigenvalue weighted by molar-refractivity contribution is 5.94. The molecule has 0 saturated carbocycles. The number of carbonyl (C=O) groups is 2. The maximum absolute atomic E-state index is 13.0. The highest BCUT2D eigenvalue weighted by atomic mass is 19.4. The molecule has 7 nitrogen and oxygen atoms in total. The number of anilines is 1. The Kier molecular flexibility index (Phi) is 6.72. The molecule has 0 spiro atoms. The van der Waals surface area contributed by atoms with Gasteiger partial charge in [-0.1, -0.05) is 30.3 Å². The lowest BCUT2D eigenvalue weighted by atomic mass is 10.0. The summed E-state index contributed by atoms with van der Waals surface area (Å²) in [5.41, 5.74) is 2.83. The van der Waals surface area contributed by atoms with Gasteiger partial charge in [-0.15, -0.1) is 0 Å². The third kappa shape index (κ3) is 5.78. The van der Waals surface area contributed by atoms with Crippen LogP contribution in [-0.2, 0) is 15.7 Å². The quantitative estimate of drug-likeness (QED) is 0.333. The lowest BCUT2D eigenvalue weighted by Gasteiger charge is -2.09. The second kappa shape index (κ2) is 9.88. The number of rotatable bonds is 6. The van der Waals surface area contributed by atoms with Gasteiger partial charge in [-0.3, -0.25) is 4.79 Å². The molecule has 3 N–H and O–H groups in total. The summed E-state index contributed by atoms with van der Waals surface area (Å²) in [6.45, 7) is 1.63. The molecule has 35 heavy (non-hydrogen) atoms. The van der Waals surface area contributed by atoms with Crippen LogP contribution in [0, 0.1) is 0 Å². The van der Waals surface area contributed by atoms with E-state index < -0.39 is 23.7 Å². The monoisotopic (exact) mass is 482 g/mol. The van der Waals surface area contributed by atoms with Crippen LogP contribution in [0.5, 0.6) is 0 Å². The number of fused-ring (bicyclic) bond motifs is 1. The molecule has 4 aromatic rings. The van der Waals surface area contributed by atoms with Crippen LogP contribution in [-0.4, -0.2) is 35.1 Å². The SMILES string of the molecule is CCOC(=O)NCC(=O)Nc1cccc(-c2cccc(-c3nc4ccc(C(F)(F)F)cc4[nH]3)c2)c1. The average molecular weight is 482 g/mol. The van der Waals surface area contributed by atoms with E-state index in [0.29, 0.717) is 28.1 Å². The average Bonchev–Trinajstić information content (AvgIpc) is 3.26. The van der Waals surface area contributed by atoms with Crippen LogP contribution in [0.15, 0.2) is 66.7 Å². The van der Waals surface area contributed by atoms with Crippen molar-refractivity contribution in [1.29, 1.82) is 0 Å². The molecule has 3 aromatic carbocycles. The first-order chi connectivity index (χ1) is 16.7. The molecule has 0 radical (unpaired) electrons. The zero-order chi connectivity index (χ0) is 25.0. The third-order valence-electron chi connectivity index (χ3n) is 5.09. The van der Waals surface area contributed by atoms with Crippen molar-refractivity contribution in [3.8, 4) is 22.5 Å². The van der Waals surface area contributed by atoms with E-state index in [1.807, 2.05) is 24.3 Å². The number of aromatic nitrogens is 2. The number of nitrogens with zero attached hydrogens (tertiary/aromatic N) is 1. The van der Waals surface area contributed by atoms with Gasteiger partial charge >= 0.3 is 12.3 Å². The number of imidazole rings is 1. The van der Waals surface area contributed by atoms with Crippen molar-refractivity contribution in [3.05, 3.63) is 72.3 Å². The zero-order valence-electron chi connectivity index (χ0n) is 18.6. The minimum atomic E-state index is -4.44. The standard InChI is InChI=1S/C25H21F3N4O3/c1-2-35-24(34)29-14-22(33)30-19-8-4-6-16(12-19)15-5-3-7-17(11-15)23-31-20-10-9-18(25(26,27)28)13-21(20)32-23/h3-13H,2,14H2,1H3,(H,29,34)(H,30,33)(H,31,32). The molecule has 0 unspecified atom stereocenters. The second-order valence-electron chi connectivity index (χ2n) is 7.60. The fourth-order valence-corrected chi connectivity index (χ4v) is 3.48. The van der Waals surface area contributed by atoms with E-state index in [-0.39, 0.29) is 13.2 Å². The molecule has 4 rings (SSSR count). The molecule has 0 saturated heterocycles. The van der Waals surface area contributed by atoms with Gasteiger partial charge in [0, 0.05) is 11.3 Å². The van der Waals surface area contributed by atoms with Gasteiger partial charge in [0.2, 0.25) is 5.91 Å². The smallest absolute Gasteiger partial charge is 0.416 e. The van der Waals surface area contributed by atoms with Crippen LogP contribution < -0.4 is 10.6 Å². The van der Waals surface area contributed by atoms with Crippen molar-refractivity contribution in [3.63, 3.8) is 0 Å². The Morgan fingerprint density at radius 3 is 2.43 bits per heavy atom. The summed E-state index contributed by atoms with van der Waals surface area (Å²) in [6, 6.07) is 17.8. The minimum absolute atomic E-state index is 0.206. The summed E-state index contributed by atoms with van der Waals surface area (Å²) in [4.78, 5) is 30.8. The Bertz CT molecular complexity index is 1380. The number of hydrogen-bond donors (Lipinski definition) is 3. The van der Waals surface area contributed by atoms with Gasteiger partial charge in [0.25, 0.3) is 0 Å². The largest absolute Gasteiger partial charge is 0.450 e. The lowest BCUT2D eigenvalue weighted by molar-refractivity contribution is -0.137. The summed E-state index contributed by atoms with van der Waals surface area (Å²) in [7, 11) is 0. The number of aromatic amines is 1. The van der Waals surface area contributed by atoms with Gasteiger partial charge in [-0.25, -0.2) is 9.78 Å². The van der Waals surface area contributed by atoms with E-state index in [1.54, 1.807) is 31.2 Å². The van der Waals surface area contributed by atoms with Crippen molar-refractivity contribution in [1.82, 2.24) is 15.3 Å². The van der Waals surface area contributed by atoms with Gasteiger partial charge in [-0.2, -0.15) is 13.2 Å². The number of ether oxygens (including phenoxy) is 1. The number of H-pyrrole nitrogens is 1. The first-order valence-electron chi connectivity index (χ1n) is 10.7. The molecule has 0 aliphatic rings. The fourth-order valence-electron chi connectivity index (χ4n) is 3.48. The predicted molar refractivity (Wildman–Crippen MR) is 126 cm³/mol. The topological polar surface area (TPSA) is 96.1 Å². The first kappa shape index (κ1) is 23.8. The Morgan fingerprint density at radius 2 is 1.69 bits per heavy atom. The molecule has 10 heteroatoms. The number of alkyl carbamates (subject to hydrolysis) is 1.